The van der Waals surface area contributed by atoms with Gasteiger partial charge in [-0.2, -0.15) is 0 Å². The summed E-state index contributed by atoms with van der Waals surface area (Å²) >= 11 is 2.18. The number of rotatable bonds is 2. The van der Waals surface area contributed by atoms with E-state index in [4.69, 9.17) is 4.55 Å². The predicted molar refractivity (Wildman–Crippen MR) is 56.6 cm³/mol. The van der Waals surface area contributed by atoms with Crippen LogP contribution >= 0.6 is 12.6 Å². The monoisotopic (exact) mass is 215 g/mol. The van der Waals surface area contributed by atoms with E-state index in [1.54, 1.807) is 25.3 Å². The van der Waals surface area contributed by atoms with Gasteiger partial charge in [0.05, 0.1) is 10.6 Å². The number of aliphatic imine (C=N–C) groups is 1. The SMILES string of the molecule is CC=Nc1ccc(S(=O)O)cc1S. The van der Waals surface area contributed by atoms with Gasteiger partial charge in [0.15, 0.2) is 11.1 Å². The average molecular weight is 215 g/mol. The number of thiol groups is 1. The highest BCUT2D eigenvalue weighted by Gasteiger charge is 2.02. The topological polar surface area (TPSA) is 49.7 Å². The van der Waals surface area contributed by atoms with Crippen LogP contribution in [-0.4, -0.2) is 15.0 Å². The van der Waals surface area contributed by atoms with Crippen molar-refractivity contribution < 1.29 is 8.76 Å². The molecule has 0 spiro atoms. The van der Waals surface area contributed by atoms with E-state index >= 15 is 0 Å². The normalized spacial score (nSPS) is 13.5. The van der Waals surface area contributed by atoms with Crippen molar-refractivity contribution >= 4 is 35.6 Å². The highest BCUT2D eigenvalue weighted by Crippen LogP contribution is 2.24. The van der Waals surface area contributed by atoms with E-state index < -0.39 is 11.1 Å². The first-order chi connectivity index (χ1) is 6.15. The number of hydrogen-bond donors (Lipinski definition) is 2. The molecule has 1 aromatic rings. The lowest BCUT2D eigenvalue weighted by atomic mass is 10.3. The molecule has 70 valence electrons. The Morgan fingerprint density at radius 2 is 2.31 bits per heavy atom. The van der Waals surface area contributed by atoms with Crippen LogP contribution in [0.2, 0.25) is 0 Å². The highest BCUT2D eigenvalue weighted by atomic mass is 32.2. The predicted octanol–water partition coefficient (Wildman–Crippen LogP) is 2.28. The molecule has 5 heteroatoms. The molecule has 0 aromatic heterocycles. The van der Waals surface area contributed by atoms with Crippen LogP contribution in [-0.2, 0) is 11.1 Å². The van der Waals surface area contributed by atoms with Crippen LogP contribution in [0.15, 0.2) is 33.0 Å². The Hall–Kier alpha value is -0.650. The van der Waals surface area contributed by atoms with E-state index in [1.165, 1.54) is 6.07 Å². The molecule has 1 rings (SSSR count). The summed E-state index contributed by atoms with van der Waals surface area (Å²) in [5.41, 5.74) is 0.694. The Labute approximate surface area is 84.6 Å². The smallest absolute Gasteiger partial charge is 0.186 e. The van der Waals surface area contributed by atoms with Crippen LogP contribution in [0.4, 0.5) is 5.69 Å². The van der Waals surface area contributed by atoms with E-state index in [1.807, 2.05) is 0 Å². The van der Waals surface area contributed by atoms with Gasteiger partial charge in [-0.15, -0.1) is 12.6 Å². The number of hydrogen-bond acceptors (Lipinski definition) is 3. The summed E-state index contributed by atoms with van der Waals surface area (Å²) in [7, 11) is 0. The second-order valence-electron chi connectivity index (χ2n) is 2.29. The summed E-state index contributed by atoms with van der Waals surface area (Å²) in [4.78, 5) is 4.95. The molecule has 1 N–H and O–H groups in total. The maximum atomic E-state index is 10.7. The molecule has 0 heterocycles. The third kappa shape index (κ3) is 2.65. The van der Waals surface area contributed by atoms with Crippen molar-refractivity contribution in [3.05, 3.63) is 18.2 Å². The van der Waals surface area contributed by atoms with E-state index in [0.717, 1.165) is 0 Å². The minimum Gasteiger partial charge on any atom is -0.302 e. The molecule has 3 nitrogen and oxygen atoms in total. The molecule has 0 aliphatic rings. The largest absolute Gasteiger partial charge is 0.302 e. The molecule has 1 unspecified atom stereocenters. The van der Waals surface area contributed by atoms with Gasteiger partial charge >= 0.3 is 0 Å². The van der Waals surface area contributed by atoms with Gasteiger partial charge in [-0.1, -0.05) is 0 Å². The fraction of sp³-hybridized carbons (Fsp3) is 0.125. The van der Waals surface area contributed by atoms with Crippen LogP contribution < -0.4 is 0 Å². The molecule has 1 atom stereocenters. The van der Waals surface area contributed by atoms with Crippen LogP contribution in [0.5, 0.6) is 0 Å². The van der Waals surface area contributed by atoms with Gasteiger partial charge in [0.25, 0.3) is 0 Å². The average Bonchev–Trinajstić information content (AvgIpc) is 2.08. The summed E-state index contributed by atoms with van der Waals surface area (Å²) in [6.07, 6.45) is 1.64. The zero-order chi connectivity index (χ0) is 9.84. The van der Waals surface area contributed by atoms with Crippen molar-refractivity contribution in [1.29, 1.82) is 0 Å². The molecule has 0 saturated heterocycles. The van der Waals surface area contributed by atoms with Gasteiger partial charge in [0, 0.05) is 11.1 Å². The second kappa shape index (κ2) is 4.55. The summed E-state index contributed by atoms with van der Waals surface area (Å²) in [5, 5.41) is 0. The molecule has 0 radical (unpaired) electrons. The second-order valence-corrected chi connectivity index (χ2v) is 3.74. The molecule has 0 amide bonds. The zero-order valence-electron chi connectivity index (χ0n) is 6.97. The van der Waals surface area contributed by atoms with Crippen molar-refractivity contribution in [2.45, 2.75) is 16.7 Å². The van der Waals surface area contributed by atoms with Gasteiger partial charge in [-0.3, -0.25) is 4.99 Å². The fourth-order valence-corrected chi connectivity index (χ4v) is 1.62. The Balaban J connectivity index is 3.12. The lowest BCUT2D eigenvalue weighted by Gasteiger charge is -2.00. The van der Waals surface area contributed by atoms with Crippen molar-refractivity contribution in [2.75, 3.05) is 0 Å². The summed E-state index contributed by atoms with van der Waals surface area (Å²) in [6, 6.07) is 4.74. The highest BCUT2D eigenvalue weighted by molar-refractivity contribution is 7.80. The number of benzene rings is 1. The quantitative estimate of drug-likeness (QED) is 0.452. The molecule has 0 fully saturated rings. The molecule has 1 aromatic carbocycles. The van der Waals surface area contributed by atoms with E-state index in [0.29, 0.717) is 15.5 Å². The van der Waals surface area contributed by atoms with Crippen LogP contribution in [0, 0.1) is 0 Å². The van der Waals surface area contributed by atoms with E-state index in [-0.39, 0.29) is 0 Å². The first-order valence-corrected chi connectivity index (χ1v) is 5.13. The Bertz CT molecular complexity index is 363. The molecular weight excluding hydrogens is 206 g/mol. The Kier molecular flexibility index (Phi) is 3.65. The van der Waals surface area contributed by atoms with Gasteiger partial charge in [-0.25, -0.2) is 4.21 Å². The standard InChI is InChI=1S/C8H9NO2S2/c1-2-9-7-4-3-6(13(10)11)5-8(7)12/h2-5,12H,1H3,(H,10,11). The third-order valence-corrected chi connectivity index (χ3v) is 2.43. The van der Waals surface area contributed by atoms with Gasteiger partial charge in [0.2, 0.25) is 0 Å². The third-order valence-electron chi connectivity index (χ3n) is 1.42. The minimum absolute atomic E-state index is 0.333. The summed E-state index contributed by atoms with van der Waals surface area (Å²) < 4.78 is 19.4. The fourth-order valence-electron chi connectivity index (χ4n) is 0.860. The Morgan fingerprint density at radius 3 is 2.77 bits per heavy atom. The van der Waals surface area contributed by atoms with Gasteiger partial charge in [-0.05, 0) is 25.1 Å². The van der Waals surface area contributed by atoms with Crippen LogP contribution in [0.3, 0.4) is 0 Å². The molecule has 0 saturated carbocycles. The molecule has 0 bridgehead atoms. The van der Waals surface area contributed by atoms with E-state index in [2.05, 4.69) is 17.6 Å². The minimum atomic E-state index is -1.95. The maximum Gasteiger partial charge on any atom is 0.186 e. The number of nitrogens with zero attached hydrogens (tertiary/aromatic N) is 1. The van der Waals surface area contributed by atoms with Gasteiger partial charge < -0.3 is 4.55 Å². The van der Waals surface area contributed by atoms with Crippen molar-refractivity contribution in [3.63, 3.8) is 0 Å². The summed E-state index contributed by atoms with van der Waals surface area (Å²) in [5.74, 6) is 0. The molecule has 13 heavy (non-hydrogen) atoms. The first kappa shape index (κ1) is 10.4. The lowest BCUT2D eigenvalue weighted by Crippen LogP contribution is -1.87. The molecular formula is C8H9NO2S2. The van der Waals surface area contributed by atoms with Crippen LogP contribution in [0.25, 0.3) is 0 Å². The lowest BCUT2D eigenvalue weighted by molar-refractivity contribution is 0.564. The van der Waals surface area contributed by atoms with Crippen LogP contribution in [0.1, 0.15) is 6.92 Å². The molecule has 0 aliphatic heterocycles. The van der Waals surface area contributed by atoms with Crippen molar-refractivity contribution in [3.8, 4) is 0 Å². The van der Waals surface area contributed by atoms with Gasteiger partial charge in [0.1, 0.15) is 0 Å². The Morgan fingerprint density at radius 1 is 1.62 bits per heavy atom. The maximum absolute atomic E-state index is 10.7. The van der Waals surface area contributed by atoms with E-state index in [9.17, 15) is 4.21 Å². The van der Waals surface area contributed by atoms with Crippen molar-refractivity contribution in [2.24, 2.45) is 4.99 Å². The summed E-state index contributed by atoms with van der Waals surface area (Å²) in [6.45, 7) is 1.80. The van der Waals surface area contributed by atoms with Crippen molar-refractivity contribution in [1.82, 2.24) is 0 Å². The molecule has 0 aliphatic carbocycles. The zero-order valence-corrected chi connectivity index (χ0v) is 8.68. The first-order valence-electron chi connectivity index (χ1n) is 3.57.